The number of fused-ring (bicyclic) bond motifs is 2. The van der Waals surface area contributed by atoms with Crippen LogP contribution in [0, 0.1) is 0 Å². The Balaban J connectivity index is 0.778. The van der Waals surface area contributed by atoms with Crippen LogP contribution in [0.2, 0.25) is 0 Å². The number of carbonyl (C=O) groups is 6. The summed E-state index contributed by atoms with van der Waals surface area (Å²) < 4.78 is 0. The number of nitrogens with one attached hydrogen (secondary N) is 2. The number of aliphatic hydroxyl groups is 1. The van der Waals surface area contributed by atoms with Crippen LogP contribution in [0.3, 0.4) is 0 Å². The molecule has 2 aromatic carbocycles. The number of amides is 5. The topological polar surface area (TPSA) is 182 Å². The number of hydrogen-bond donors (Lipinski definition) is 3. The van der Waals surface area contributed by atoms with Gasteiger partial charge in [0.2, 0.25) is 17.7 Å². The lowest BCUT2D eigenvalue weighted by Crippen LogP contribution is -2.57. The van der Waals surface area contributed by atoms with Crippen LogP contribution in [0.15, 0.2) is 54.9 Å². The molecule has 0 radical (unpaired) electrons. The Morgan fingerprint density at radius 3 is 2.53 bits per heavy atom. The van der Waals surface area contributed by atoms with Crippen molar-refractivity contribution in [2.24, 2.45) is 0 Å². The molecule has 0 spiro atoms. The van der Waals surface area contributed by atoms with Gasteiger partial charge < -0.3 is 15.3 Å². The number of nitrogens with zero attached hydrogens (tertiary/aromatic N) is 5. The van der Waals surface area contributed by atoms with Gasteiger partial charge in [-0.25, -0.2) is 9.97 Å². The average molecular weight is 750 g/mol. The largest absolute Gasteiger partial charge is 0.392 e. The maximum absolute atomic E-state index is 13.3. The van der Waals surface area contributed by atoms with Gasteiger partial charge in [-0.2, -0.15) is 0 Å². The summed E-state index contributed by atoms with van der Waals surface area (Å²) in [6.07, 6.45) is 6.67. The number of β-amino-alcohol motifs (C(OH)–C–C–N with tert-alkyl or cyclic N) is 1. The van der Waals surface area contributed by atoms with E-state index in [2.05, 4.69) is 43.7 Å². The van der Waals surface area contributed by atoms with Crippen molar-refractivity contribution in [1.82, 2.24) is 30.0 Å². The van der Waals surface area contributed by atoms with Crippen LogP contribution in [0.4, 0.5) is 5.82 Å². The zero-order valence-corrected chi connectivity index (χ0v) is 30.9. The number of piperidine rings is 1. The van der Waals surface area contributed by atoms with Crippen molar-refractivity contribution in [3.63, 3.8) is 0 Å². The van der Waals surface area contributed by atoms with E-state index in [1.54, 1.807) is 23.1 Å². The summed E-state index contributed by atoms with van der Waals surface area (Å²) >= 11 is 0. The number of unbranched alkanes of at least 4 members (excludes halogenated alkanes) is 3. The number of benzene rings is 2. The quantitative estimate of drug-likeness (QED) is 0.111. The van der Waals surface area contributed by atoms with Crippen molar-refractivity contribution in [3.05, 3.63) is 88.4 Å². The summed E-state index contributed by atoms with van der Waals surface area (Å²) in [7, 11) is 0. The second-order valence-corrected chi connectivity index (χ2v) is 15.0. The van der Waals surface area contributed by atoms with Crippen molar-refractivity contribution in [3.8, 4) is 0 Å². The summed E-state index contributed by atoms with van der Waals surface area (Å²) in [5.74, 6) is -1.56. The molecule has 0 bridgehead atoms. The fourth-order valence-electron chi connectivity index (χ4n) is 7.99. The lowest BCUT2D eigenvalue weighted by molar-refractivity contribution is -0.136. The predicted molar refractivity (Wildman–Crippen MR) is 201 cm³/mol. The molecule has 14 nitrogen and oxygen atoms in total. The average Bonchev–Trinajstić information content (AvgIpc) is 3.42. The minimum atomic E-state index is -0.990. The van der Waals surface area contributed by atoms with Crippen molar-refractivity contribution >= 4 is 41.1 Å². The van der Waals surface area contributed by atoms with Gasteiger partial charge in [0.1, 0.15) is 23.9 Å². The van der Waals surface area contributed by atoms with Crippen LogP contribution < -0.4 is 10.6 Å². The Morgan fingerprint density at radius 2 is 1.71 bits per heavy atom. The molecule has 3 aromatic rings. The standard InChI is InChI=1S/C41H47N7O7/c49-30(24-46-19-18-26-8-5-6-10-28(26)21-46)14-16-34(50)32-20-35(43-25-42-32)44-29-22-47(23-29)37(52)13-4-2-1-3-9-27-11-7-12-31-38(27)41(55)48(40(31)54)33-15-17-36(51)45-39(33)53/h5-8,10-12,20,25,29-30,33,49H,1-4,9,13-19,21-24H2,(H,42,43,44)(H,45,51,53)/t30-,33?/m0/s1. The molecular weight excluding hydrogens is 702 g/mol. The van der Waals surface area contributed by atoms with Crippen LogP contribution >= 0.6 is 0 Å². The number of ketones is 1. The van der Waals surface area contributed by atoms with Gasteiger partial charge in [0.25, 0.3) is 11.8 Å². The Bertz CT molecular complexity index is 1980. The van der Waals surface area contributed by atoms with Crippen LogP contribution in [0.5, 0.6) is 0 Å². The Kier molecular flexibility index (Phi) is 11.7. The number of carbonyl (C=O) groups excluding carboxylic acids is 6. The Labute approximate surface area is 319 Å². The fraction of sp³-hybridized carbons (Fsp3) is 0.463. The summed E-state index contributed by atoms with van der Waals surface area (Å²) in [4.78, 5) is 89.5. The van der Waals surface area contributed by atoms with E-state index in [4.69, 9.17) is 0 Å². The van der Waals surface area contributed by atoms with Gasteiger partial charge in [-0.15, -0.1) is 0 Å². The zero-order valence-electron chi connectivity index (χ0n) is 30.9. The minimum absolute atomic E-state index is 0.0198. The van der Waals surface area contributed by atoms with Gasteiger partial charge >= 0.3 is 0 Å². The van der Waals surface area contributed by atoms with Gasteiger partial charge in [0.05, 0.1) is 23.3 Å². The highest BCUT2D eigenvalue weighted by molar-refractivity contribution is 6.24. The van der Waals surface area contributed by atoms with Crippen LogP contribution in [0.25, 0.3) is 0 Å². The number of aliphatic hydroxyl groups excluding tert-OH is 1. The Morgan fingerprint density at radius 1 is 0.909 bits per heavy atom. The molecule has 288 valence electrons. The SMILES string of the molecule is O=C1CCC(N2C(=O)c3cccc(CCCCCCC(=O)N4CC(Nc5cc(C(=O)CC[C@H](O)CN6CCc7ccccc7C6)ncn5)C4)c3C2=O)C(=O)N1. The van der Waals surface area contributed by atoms with E-state index in [-0.39, 0.29) is 42.6 Å². The number of aromatic nitrogens is 2. The molecule has 4 aliphatic heterocycles. The third-order valence-corrected chi connectivity index (χ3v) is 11.1. The first kappa shape index (κ1) is 38.0. The first-order valence-electron chi connectivity index (χ1n) is 19.3. The summed E-state index contributed by atoms with van der Waals surface area (Å²) in [5, 5.41) is 16.2. The molecule has 2 fully saturated rings. The van der Waals surface area contributed by atoms with Crippen molar-refractivity contribution in [2.45, 2.75) is 95.4 Å². The first-order chi connectivity index (χ1) is 26.6. The molecule has 55 heavy (non-hydrogen) atoms. The lowest BCUT2D eigenvalue weighted by atomic mass is 9.97. The van der Waals surface area contributed by atoms with Gasteiger partial charge in [-0.3, -0.25) is 43.9 Å². The molecule has 1 unspecified atom stereocenters. The number of imide groups is 2. The van der Waals surface area contributed by atoms with Gasteiger partial charge in [0, 0.05) is 58.1 Å². The smallest absolute Gasteiger partial charge is 0.262 e. The number of hydrogen-bond acceptors (Lipinski definition) is 11. The molecular formula is C41H47N7O7. The van der Waals surface area contributed by atoms with E-state index >= 15 is 0 Å². The van der Waals surface area contributed by atoms with Gasteiger partial charge in [-0.1, -0.05) is 49.2 Å². The number of aryl methyl sites for hydroxylation is 1. The van der Waals surface area contributed by atoms with Gasteiger partial charge in [0.15, 0.2) is 5.78 Å². The van der Waals surface area contributed by atoms with Crippen molar-refractivity contribution < 1.29 is 33.9 Å². The van der Waals surface area contributed by atoms with Crippen molar-refractivity contribution in [1.29, 1.82) is 0 Å². The molecule has 5 heterocycles. The highest BCUT2D eigenvalue weighted by Gasteiger charge is 2.45. The lowest BCUT2D eigenvalue weighted by Gasteiger charge is -2.40. The van der Waals surface area contributed by atoms with Crippen molar-refractivity contribution in [2.75, 3.05) is 31.5 Å². The molecule has 7 rings (SSSR count). The highest BCUT2D eigenvalue weighted by atomic mass is 16.3. The molecule has 2 saturated heterocycles. The third-order valence-electron chi connectivity index (χ3n) is 11.1. The zero-order chi connectivity index (χ0) is 38.5. The van der Waals surface area contributed by atoms with Crippen LogP contribution in [-0.2, 0) is 33.8 Å². The maximum atomic E-state index is 13.3. The molecule has 3 N–H and O–H groups in total. The third kappa shape index (κ3) is 8.81. The first-order valence-corrected chi connectivity index (χ1v) is 19.3. The summed E-state index contributed by atoms with van der Waals surface area (Å²) in [6, 6.07) is 14.2. The van der Waals surface area contributed by atoms with E-state index in [1.165, 1.54) is 17.5 Å². The molecule has 0 aliphatic carbocycles. The summed E-state index contributed by atoms with van der Waals surface area (Å²) in [5.41, 5.74) is 4.33. The van der Waals surface area contributed by atoms with Gasteiger partial charge in [-0.05, 0) is 61.3 Å². The molecule has 0 saturated carbocycles. The van der Waals surface area contributed by atoms with Crippen LogP contribution in [0.1, 0.15) is 106 Å². The van der Waals surface area contributed by atoms with E-state index in [9.17, 15) is 33.9 Å². The van der Waals surface area contributed by atoms with E-state index < -0.39 is 35.8 Å². The molecule has 4 aliphatic rings. The maximum Gasteiger partial charge on any atom is 0.262 e. The molecule has 14 heteroatoms. The van der Waals surface area contributed by atoms with E-state index in [0.29, 0.717) is 56.0 Å². The molecule has 5 amide bonds. The number of anilines is 1. The number of Topliss-reactive ketones (excluding diaryl/α,β-unsaturated/α-hetero) is 1. The normalized spacial score (nSPS) is 19.1. The molecule has 1 aromatic heterocycles. The highest BCUT2D eigenvalue weighted by Crippen LogP contribution is 2.31. The fourth-order valence-corrected chi connectivity index (χ4v) is 7.99. The van der Waals surface area contributed by atoms with E-state index in [1.807, 2.05) is 12.1 Å². The molecule has 2 atom stereocenters. The number of likely N-dealkylation sites (tertiary alicyclic amines) is 1. The second kappa shape index (κ2) is 17.0. The second-order valence-electron chi connectivity index (χ2n) is 15.0. The Hall–Kier alpha value is -5.34. The van der Waals surface area contributed by atoms with Crippen LogP contribution in [-0.4, -0.2) is 109 Å². The summed E-state index contributed by atoms with van der Waals surface area (Å²) in [6.45, 7) is 3.30. The number of rotatable bonds is 16. The monoisotopic (exact) mass is 749 g/mol. The van der Waals surface area contributed by atoms with E-state index in [0.717, 1.165) is 55.7 Å². The minimum Gasteiger partial charge on any atom is -0.392 e. The predicted octanol–water partition coefficient (Wildman–Crippen LogP) is 3.08.